The van der Waals surface area contributed by atoms with Crippen LogP contribution in [-0.4, -0.2) is 15.4 Å². The summed E-state index contributed by atoms with van der Waals surface area (Å²) in [4.78, 5) is 15.4. The molecule has 0 amide bonds. The van der Waals surface area contributed by atoms with Crippen LogP contribution in [0.4, 0.5) is 0 Å². The monoisotopic (exact) mass is 318 g/mol. The summed E-state index contributed by atoms with van der Waals surface area (Å²) in [7, 11) is 0. The Bertz CT molecular complexity index is 625. The molecular formula is C12H9Cl3N2O2. The molecule has 0 bridgehead atoms. The molecular weight excluding hydrogens is 311 g/mol. The molecule has 1 aromatic carbocycles. The summed E-state index contributed by atoms with van der Waals surface area (Å²) in [6, 6.07) is 2.97. The predicted molar refractivity (Wildman–Crippen MR) is 73.9 cm³/mol. The number of rotatable bonds is 4. The van der Waals surface area contributed by atoms with Gasteiger partial charge < -0.3 is 4.52 Å². The fourth-order valence-electron chi connectivity index (χ4n) is 1.58. The Balaban J connectivity index is 2.53. The van der Waals surface area contributed by atoms with Crippen molar-refractivity contribution in [1.29, 1.82) is 0 Å². The van der Waals surface area contributed by atoms with Crippen LogP contribution in [0.3, 0.4) is 0 Å². The first kappa shape index (κ1) is 14.3. The van der Waals surface area contributed by atoms with Gasteiger partial charge in [-0.3, -0.25) is 4.79 Å². The SMILES string of the molecule is CCCc1noc(-c2c(Cl)ccc(C(=O)Cl)c2Cl)n1. The first-order valence-corrected chi connectivity index (χ1v) is 6.68. The van der Waals surface area contributed by atoms with Crippen molar-refractivity contribution >= 4 is 40.0 Å². The van der Waals surface area contributed by atoms with Gasteiger partial charge in [-0.25, -0.2) is 0 Å². The highest BCUT2D eigenvalue weighted by atomic mass is 35.5. The normalized spacial score (nSPS) is 10.7. The number of hydrogen-bond donors (Lipinski definition) is 0. The first-order valence-electron chi connectivity index (χ1n) is 5.55. The molecule has 0 N–H and O–H groups in total. The third-order valence-electron chi connectivity index (χ3n) is 2.46. The predicted octanol–water partition coefficient (Wildman–Crippen LogP) is 4.37. The Kier molecular flexibility index (Phi) is 4.45. The average molecular weight is 320 g/mol. The average Bonchev–Trinajstić information content (AvgIpc) is 2.77. The number of hydrogen-bond acceptors (Lipinski definition) is 4. The molecule has 0 aliphatic carbocycles. The van der Waals surface area contributed by atoms with E-state index in [1.165, 1.54) is 12.1 Å². The fraction of sp³-hybridized carbons (Fsp3) is 0.250. The van der Waals surface area contributed by atoms with Crippen molar-refractivity contribution < 1.29 is 9.32 Å². The van der Waals surface area contributed by atoms with Gasteiger partial charge in [0.05, 0.1) is 21.2 Å². The second kappa shape index (κ2) is 5.90. The lowest BCUT2D eigenvalue weighted by Gasteiger charge is -2.05. The first-order chi connectivity index (χ1) is 9.04. The van der Waals surface area contributed by atoms with E-state index in [1.807, 2.05) is 6.92 Å². The van der Waals surface area contributed by atoms with E-state index in [2.05, 4.69) is 10.1 Å². The number of aromatic nitrogens is 2. The van der Waals surface area contributed by atoms with Crippen LogP contribution in [0.5, 0.6) is 0 Å². The maximum absolute atomic E-state index is 11.2. The molecule has 19 heavy (non-hydrogen) atoms. The Hall–Kier alpha value is -1.10. The van der Waals surface area contributed by atoms with Crippen molar-refractivity contribution in [1.82, 2.24) is 10.1 Å². The number of benzene rings is 1. The molecule has 0 unspecified atom stereocenters. The van der Waals surface area contributed by atoms with E-state index in [0.29, 0.717) is 22.8 Å². The van der Waals surface area contributed by atoms with Gasteiger partial charge in [-0.1, -0.05) is 35.3 Å². The minimum absolute atomic E-state index is 0.110. The maximum atomic E-state index is 11.2. The zero-order valence-corrected chi connectivity index (χ0v) is 12.2. The molecule has 0 fully saturated rings. The van der Waals surface area contributed by atoms with Crippen molar-refractivity contribution in [2.45, 2.75) is 19.8 Å². The molecule has 0 radical (unpaired) electrons. The number of halogens is 3. The highest BCUT2D eigenvalue weighted by Gasteiger charge is 2.20. The fourth-order valence-corrected chi connectivity index (χ4v) is 2.40. The molecule has 7 heteroatoms. The Morgan fingerprint density at radius 3 is 2.74 bits per heavy atom. The van der Waals surface area contributed by atoms with Crippen molar-refractivity contribution in [2.75, 3.05) is 0 Å². The van der Waals surface area contributed by atoms with Gasteiger partial charge in [0.1, 0.15) is 0 Å². The molecule has 0 atom stereocenters. The molecule has 2 aromatic rings. The van der Waals surface area contributed by atoms with Gasteiger partial charge >= 0.3 is 0 Å². The van der Waals surface area contributed by atoms with Crippen LogP contribution in [-0.2, 0) is 6.42 Å². The molecule has 0 saturated carbocycles. The van der Waals surface area contributed by atoms with Gasteiger partial charge in [0.25, 0.3) is 11.1 Å². The van der Waals surface area contributed by atoms with Crippen molar-refractivity contribution in [3.05, 3.63) is 33.6 Å². The molecule has 0 aliphatic rings. The molecule has 0 saturated heterocycles. The van der Waals surface area contributed by atoms with Crippen LogP contribution in [0, 0.1) is 0 Å². The second-order valence-corrected chi connectivity index (χ2v) is 4.95. The topological polar surface area (TPSA) is 56.0 Å². The molecule has 2 rings (SSSR count). The minimum Gasteiger partial charge on any atom is -0.334 e. The molecule has 4 nitrogen and oxygen atoms in total. The van der Waals surface area contributed by atoms with E-state index < -0.39 is 5.24 Å². The summed E-state index contributed by atoms with van der Waals surface area (Å²) in [6.07, 6.45) is 1.58. The third-order valence-corrected chi connectivity index (χ3v) is 3.37. The lowest BCUT2D eigenvalue weighted by atomic mass is 10.1. The van der Waals surface area contributed by atoms with Crippen LogP contribution >= 0.6 is 34.8 Å². The van der Waals surface area contributed by atoms with Crippen LogP contribution in [0.15, 0.2) is 16.7 Å². The summed E-state index contributed by atoms with van der Waals surface area (Å²) >= 11 is 17.6. The molecule has 100 valence electrons. The summed E-state index contributed by atoms with van der Waals surface area (Å²) in [5.41, 5.74) is 0.475. The number of carbonyl (C=O) groups excluding carboxylic acids is 1. The van der Waals surface area contributed by atoms with Crippen molar-refractivity contribution in [3.8, 4) is 11.5 Å². The van der Waals surface area contributed by atoms with Crippen LogP contribution in [0.25, 0.3) is 11.5 Å². The largest absolute Gasteiger partial charge is 0.334 e. The van der Waals surface area contributed by atoms with Gasteiger partial charge in [0, 0.05) is 6.42 Å². The lowest BCUT2D eigenvalue weighted by molar-refractivity contribution is 0.108. The van der Waals surface area contributed by atoms with Gasteiger partial charge in [0.2, 0.25) is 0 Å². The lowest BCUT2D eigenvalue weighted by Crippen LogP contribution is -1.94. The van der Waals surface area contributed by atoms with E-state index in [4.69, 9.17) is 39.3 Å². The van der Waals surface area contributed by atoms with E-state index in [9.17, 15) is 4.79 Å². The van der Waals surface area contributed by atoms with Gasteiger partial charge in [0.15, 0.2) is 5.82 Å². The van der Waals surface area contributed by atoms with E-state index in [-0.39, 0.29) is 16.5 Å². The number of aryl methyl sites for hydroxylation is 1. The summed E-state index contributed by atoms with van der Waals surface area (Å²) in [5, 5.41) is 3.58. The minimum atomic E-state index is -0.670. The smallest absolute Gasteiger partial charge is 0.260 e. The summed E-state index contributed by atoms with van der Waals surface area (Å²) in [6.45, 7) is 2.00. The molecule has 0 spiro atoms. The molecule has 0 aliphatic heterocycles. The Labute approximate surface area is 124 Å². The summed E-state index contributed by atoms with van der Waals surface area (Å²) in [5.74, 6) is 0.741. The van der Waals surface area contributed by atoms with E-state index in [0.717, 1.165) is 6.42 Å². The molecule has 1 aromatic heterocycles. The van der Waals surface area contributed by atoms with Crippen LogP contribution < -0.4 is 0 Å². The molecule has 1 heterocycles. The Morgan fingerprint density at radius 1 is 1.37 bits per heavy atom. The van der Waals surface area contributed by atoms with Crippen LogP contribution in [0.2, 0.25) is 10.0 Å². The van der Waals surface area contributed by atoms with Gasteiger partial charge in [-0.15, -0.1) is 0 Å². The third kappa shape index (κ3) is 2.91. The highest BCUT2D eigenvalue weighted by Crippen LogP contribution is 2.36. The summed E-state index contributed by atoms with van der Waals surface area (Å²) < 4.78 is 5.12. The van der Waals surface area contributed by atoms with Crippen molar-refractivity contribution in [2.24, 2.45) is 0 Å². The second-order valence-electron chi connectivity index (χ2n) is 3.82. The maximum Gasteiger partial charge on any atom is 0.260 e. The quantitative estimate of drug-likeness (QED) is 0.785. The zero-order chi connectivity index (χ0) is 14.0. The van der Waals surface area contributed by atoms with Crippen LogP contribution in [0.1, 0.15) is 29.5 Å². The number of carbonyl (C=O) groups is 1. The van der Waals surface area contributed by atoms with E-state index in [1.54, 1.807) is 0 Å². The number of nitrogens with zero attached hydrogens (tertiary/aromatic N) is 2. The van der Waals surface area contributed by atoms with E-state index >= 15 is 0 Å². The standard InChI is InChI=1S/C12H9Cl3N2O2/c1-2-3-8-16-12(19-17-8)9-7(13)5-4-6(10(9)14)11(15)18/h4-5H,2-3H2,1H3. The Morgan fingerprint density at radius 2 is 2.11 bits per heavy atom. The zero-order valence-electron chi connectivity index (χ0n) is 9.91. The van der Waals surface area contributed by atoms with Crippen molar-refractivity contribution in [3.63, 3.8) is 0 Å². The van der Waals surface area contributed by atoms with Gasteiger partial charge in [-0.05, 0) is 30.2 Å². The van der Waals surface area contributed by atoms with Gasteiger partial charge in [-0.2, -0.15) is 4.98 Å². The highest BCUT2D eigenvalue weighted by molar-refractivity contribution is 6.69.